The zero-order valence-electron chi connectivity index (χ0n) is 14.5. The van der Waals surface area contributed by atoms with Crippen LogP contribution in [0.4, 0.5) is 5.82 Å². The van der Waals surface area contributed by atoms with Crippen LogP contribution in [-0.4, -0.2) is 40.9 Å². The van der Waals surface area contributed by atoms with Crippen LogP contribution in [-0.2, 0) is 6.42 Å². The SMILES string of the molecule is CCN1CCC(c2nn(-c3ccc(C)c(Cl)c3)c3c2CCN3)CC1. The fourth-order valence-electron chi connectivity index (χ4n) is 3.95. The van der Waals surface area contributed by atoms with E-state index in [-0.39, 0.29) is 0 Å². The number of nitrogens with zero attached hydrogens (tertiary/aromatic N) is 3. The van der Waals surface area contributed by atoms with Crippen molar-refractivity contribution in [3.05, 3.63) is 40.0 Å². The quantitative estimate of drug-likeness (QED) is 0.913. The summed E-state index contributed by atoms with van der Waals surface area (Å²) < 4.78 is 2.06. The van der Waals surface area contributed by atoms with Crippen molar-refractivity contribution in [2.75, 3.05) is 31.5 Å². The fraction of sp³-hybridized carbons (Fsp3) is 0.526. The molecule has 2 aromatic rings. The van der Waals surface area contributed by atoms with E-state index in [2.05, 4.69) is 34.0 Å². The maximum atomic E-state index is 6.34. The van der Waals surface area contributed by atoms with Crippen molar-refractivity contribution in [1.82, 2.24) is 14.7 Å². The molecule has 0 radical (unpaired) electrons. The van der Waals surface area contributed by atoms with Crippen molar-refractivity contribution in [3.63, 3.8) is 0 Å². The monoisotopic (exact) mass is 344 g/mol. The maximum Gasteiger partial charge on any atom is 0.133 e. The lowest BCUT2D eigenvalue weighted by atomic mass is 9.91. The summed E-state index contributed by atoms with van der Waals surface area (Å²) in [6, 6.07) is 6.20. The number of aryl methyl sites for hydroxylation is 1. The number of rotatable bonds is 3. The molecule has 4 rings (SSSR count). The lowest BCUT2D eigenvalue weighted by molar-refractivity contribution is 0.220. The van der Waals surface area contributed by atoms with E-state index in [0.717, 1.165) is 35.8 Å². The van der Waals surface area contributed by atoms with Gasteiger partial charge in [-0.3, -0.25) is 0 Å². The van der Waals surface area contributed by atoms with Gasteiger partial charge in [0.15, 0.2) is 0 Å². The van der Waals surface area contributed by atoms with E-state index in [0.29, 0.717) is 5.92 Å². The Morgan fingerprint density at radius 2 is 2.08 bits per heavy atom. The lowest BCUT2D eigenvalue weighted by Gasteiger charge is -2.30. The van der Waals surface area contributed by atoms with Crippen LogP contribution in [0.15, 0.2) is 18.2 Å². The normalized spacial score (nSPS) is 18.6. The van der Waals surface area contributed by atoms with Gasteiger partial charge in [-0.05, 0) is 63.5 Å². The van der Waals surface area contributed by atoms with E-state index in [1.54, 1.807) is 0 Å². The van der Waals surface area contributed by atoms with E-state index in [1.165, 1.54) is 43.0 Å². The number of hydrogen-bond donors (Lipinski definition) is 1. The Bertz CT molecular complexity index is 744. The van der Waals surface area contributed by atoms with Gasteiger partial charge < -0.3 is 10.2 Å². The Morgan fingerprint density at radius 1 is 1.29 bits per heavy atom. The van der Waals surface area contributed by atoms with Crippen LogP contribution in [0.5, 0.6) is 0 Å². The molecule has 1 N–H and O–H groups in total. The van der Waals surface area contributed by atoms with Crippen LogP contribution >= 0.6 is 11.6 Å². The summed E-state index contributed by atoms with van der Waals surface area (Å²) in [5.41, 5.74) is 4.88. The third kappa shape index (κ3) is 2.72. The predicted octanol–water partition coefficient (Wildman–Crippen LogP) is 4.00. The summed E-state index contributed by atoms with van der Waals surface area (Å²) in [4.78, 5) is 2.53. The minimum atomic E-state index is 0.587. The number of benzene rings is 1. The topological polar surface area (TPSA) is 33.1 Å². The van der Waals surface area contributed by atoms with Gasteiger partial charge in [-0.2, -0.15) is 5.10 Å². The Morgan fingerprint density at radius 3 is 2.79 bits per heavy atom. The number of anilines is 1. The number of nitrogens with one attached hydrogen (secondary N) is 1. The van der Waals surface area contributed by atoms with E-state index >= 15 is 0 Å². The average Bonchev–Trinajstić information content (AvgIpc) is 3.20. The molecule has 2 aliphatic heterocycles. The van der Waals surface area contributed by atoms with Crippen molar-refractivity contribution in [1.29, 1.82) is 0 Å². The molecule has 0 spiro atoms. The van der Waals surface area contributed by atoms with Crippen molar-refractivity contribution >= 4 is 17.4 Å². The highest BCUT2D eigenvalue weighted by molar-refractivity contribution is 6.31. The first kappa shape index (κ1) is 16.0. The highest BCUT2D eigenvalue weighted by atomic mass is 35.5. The van der Waals surface area contributed by atoms with Gasteiger partial charge in [0, 0.05) is 23.0 Å². The molecule has 0 atom stereocenters. The summed E-state index contributed by atoms with van der Waals surface area (Å²) in [6.45, 7) is 8.82. The van der Waals surface area contributed by atoms with E-state index in [4.69, 9.17) is 16.7 Å². The maximum absolute atomic E-state index is 6.34. The summed E-state index contributed by atoms with van der Waals surface area (Å²) in [7, 11) is 0. The summed E-state index contributed by atoms with van der Waals surface area (Å²) in [5.74, 6) is 1.76. The zero-order chi connectivity index (χ0) is 16.7. The predicted molar refractivity (Wildman–Crippen MR) is 99.6 cm³/mol. The molecule has 0 aliphatic carbocycles. The molecule has 0 bridgehead atoms. The van der Waals surface area contributed by atoms with Gasteiger partial charge in [-0.25, -0.2) is 4.68 Å². The van der Waals surface area contributed by atoms with Gasteiger partial charge in [0.05, 0.1) is 11.4 Å². The van der Waals surface area contributed by atoms with Crippen molar-refractivity contribution < 1.29 is 0 Å². The van der Waals surface area contributed by atoms with E-state index in [1.807, 2.05) is 13.0 Å². The highest BCUT2D eigenvalue weighted by Gasteiger charge is 2.30. The first-order valence-electron chi connectivity index (χ1n) is 9.02. The average molecular weight is 345 g/mol. The van der Waals surface area contributed by atoms with E-state index < -0.39 is 0 Å². The van der Waals surface area contributed by atoms with Gasteiger partial charge in [0.1, 0.15) is 5.82 Å². The molecular weight excluding hydrogens is 320 g/mol. The number of aromatic nitrogens is 2. The van der Waals surface area contributed by atoms with Crippen LogP contribution in [0.2, 0.25) is 5.02 Å². The molecular formula is C19H25ClN4. The summed E-state index contributed by atoms with van der Waals surface area (Å²) >= 11 is 6.34. The van der Waals surface area contributed by atoms with Gasteiger partial charge in [-0.15, -0.1) is 0 Å². The smallest absolute Gasteiger partial charge is 0.133 e. The summed E-state index contributed by atoms with van der Waals surface area (Å²) in [6.07, 6.45) is 3.51. The number of fused-ring (bicyclic) bond motifs is 1. The molecule has 128 valence electrons. The molecule has 2 aliphatic rings. The first-order valence-corrected chi connectivity index (χ1v) is 9.39. The van der Waals surface area contributed by atoms with Gasteiger partial charge in [0.2, 0.25) is 0 Å². The molecule has 1 aromatic carbocycles. The molecule has 24 heavy (non-hydrogen) atoms. The standard InChI is InChI=1S/C19H25ClN4/c1-3-23-10-7-14(8-11-23)18-16-6-9-21-19(16)24(22-18)15-5-4-13(2)17(20)12-15/h4-5,12,14,21H,3,6-11H2,1-2H3. The number of piperidine rings is 1. The molecule has 3 heterocycles. The van der Waals surface area contributed by atoms with Crippen LogP contribution in [0, 0.1) is 6.92 Å². The number of likely N-dealkylation sites (tertiary alicyclic amines) is 1. The Hall–Kier alpha value is -1.52. The molecule has 1 fully saturated rings. The third-order valence-electron chi connectivity index (χ3n) is 5.50. The largest absolute Gasteiger partial charge is 0.369 e. The van der Waals surface area contributed by atoms with Crippen molar-refractivity contribution in [2.24, 2.45) is 0 Å². The lowest BCUT2D eigenvalue weighted by Crippen LogP contribution is -2.33. The second kappa shape index (κ2) is 6.41. The number of halogens is 1. The molecule has 0 amide bonds. The third-order valence-corrected chi connectivity index (χ3v) is 5.91. The molecule has 1 aromatic heterocycles. The highest BCUT2D eigenvalue weighted by Crippen LogP contribution is 2.37. The Balaban J connectivity index is 1.69. The second-order valence-electron chi connectivity index (χ2n) is 6.94. The van der Waals surface area contributed by atoms with Crippen LogP contribution in [0.25, 0.3) is 5.69 Å². The minimum absolute atomic E-state index is 0.587. The Kier molecular flexibility index (Phi) is 4.27. The summed E-state index contributed by atoms with van der Waals surface area (Å²) in [5, 5.41) is 9.35. The fourth-order valence-corrected chi connectivity index (χ4v) is 4.13. The van der Waals surface area contributed by atoms with Gasteiger partial charge >= 0.3 is 0 Å². The van der Waals surface area contributed by atoms with Crippen molar-refractivity contribution in [2.45, 2.75) is 39.0 Å². The molecule has 5 heteroatoms. The Labute approximate surface area is 148 Å². The second-order valence-corrected chi connectivity index (χ2v) is 7.35. The van der Waals surface area contributed by atoms with Crippen LogP contribution < -0.4 is 5.32 Å². The van der Waals surface area contributed by atoms with Crippen LogP contribution in [0.3, 0.4) is 0 Å². The molecule has 4 nitrogen and oxygen atoms in total. The zero-order valence-corrected chi connectivity index (χ0v) is 15.2. The van der Waals surface area contributed by atoms with Gasteiger partial charge in [-0.1, -0.05) is 24.6 Å². The minimum Gasteiger partial charge on any atom is -0.369 e. The molecule has 1 saturated heterocycles. The molecule has 0 unspecified atom stereocenters. The molecule has 0 saturated carbocycles. The van der Waals surface area contributed by atoms with Crippen molar-refractivity contribution in [3.8, 4) is 5.69 Å². The van der Waals surface area contributed by atoms with Crippen LogP contribution in [0.1, 0.15) is 42.5 Å². The van der Waals surface area contributed by atoms with Gasteiger partial charge in [0.25, 0.3) is 0 Å². The number of hydrogen-bond acceptors (Lipinski definition) is 3. The van der Waals surface area contributed by atoms with E-state index in [9.17, 15) is 0 Å². The first-order chi connectivity index (χ1) is 11.7.